The van der Waals surface area contributed by atoms with Gasteiger partial charge in [-0.25, -0.2) is 0 Å². The third-order valence-corrected chi connectivity index (χ3v) is 5.43. The van der Waals surface area contributed by atoms with Gasteiger partial charge in [0.25, 0.3) is 0 Å². The summed E-state index contributed by atoms with van der Waals surface area (Å²) in [6, 6.07) is 16.0. The molecule has 2 aliphatic heterocycles. The third kappa shape index (κ3) is 5.01. The number of anilines is 1. The Balaban J connectivity index is 1.29. The number of piperazine rings is 1. The quantitative estimate of drug-likeness (QED) is 0.844. The lowest BCUT2D eigenvalue weighted by Crippen LogP contribution is -2.51. The molecule has 0 saturated carbocycles. The number of nitrogens with zero attached hydrogens (tertiary/aromatic N) is 2. The number of amides is 1. The Kier molecular flexibility index (Phi) is 6.20. The molecule has 2 aliphatic rings. The molecule has 0 aliphatic carbocycles. The van der Waals surface area contributed by atoms with Crippen LogP contribution >= 0.6 is 0 Å². The summed E-state index contributed by atoms with van der Waals surface area (Å²) in [5.74, 6) is 1.64. The van der Waals surface area contributed by atoms with Gasteiger partial charge in [0.2, 0.25) is 5.91 Å². The second-order valence-corrected chi connectivity index (χ2v) is 7.67. The minimum Gasteiger partial charge on any atom is -0.490 e. The van der Waals surface area contributed by atoms with Gasteiger partial charge in [-0.2, -0.15) is 0 Å². The monoisotopic (exact) mass is 395 g/mol. The Bertz CT molecular complexity index is 819. The molecule has 2 aromatic rings. The SMILES string of the molecule is C[C@H](Nc1ccc2c(c1)OCCCO2)C(=O)N1CCN(Cc2ccccc2)CC1. The first-order chi connectivity index (χ1) is 14.2. The van der Waals surface area contributed by atoms with Crippen molar-refractivity contribution in [3.8, 4) is 11.5 Å². The van der Waals surface area contributed by atoms with Crippen LogP contribution in [0.15, 0.2) is 48.5 Å². The van der Waals surface area contributed by atoms with Crippen LogP contribution < -0.4 is 14.8 Å². The molecule has 4 rings (SSSR count). The van der Waals surface area contributed by atoms with Crippen molar-refractivity contribution in [1.82, 2.24) is 9.80 Å². The van der Waals surface area contributed by atoms with Crippen molar-refractivity contribution >= 4 is 11.6 Å². The summed E-state index contributed by atoms with van der Waals surface area (Å²) in [6.07, 6.45) is 0.878. The molecule has 0 spiro atoms. The Morgan fingerprint density at radius 3 is 2.48 bits per heavy atom. The first kappa shape index (κ1) is 19.6. The van der Waals surface area contributed by atoms with Crippen molar-refractivity contribution in [2.24, 2.45) is 0 Å². The van der Waals surface area contributed by atoms with Crippen LogP contribution in [0.25, 0.3) is 0 Å². The molecule has 0 unspecified atom stereocenters. The maximum atomic E-state index is 12.9. The maximum absolute atomic E-state index is 12.9. The number of fused-ring (bicyclic) bond motifs is 1. The van der Waals surface area contributed by atoms with Gasteiger partial charge in [0, 0.05) is 50.9 Å². The average Bonchev–Trinajstić information content (AvgIpc) is 2.99. The topological polar surface area (TPSA) is 54.0 Å². The molecule has 0 aromatic heterocycles. The molecule has 29 heavy (non-hydrogen) atoms. The van der Waals surface area contributed by atoms with E-state index in [-0.39, 0.29) is 11.9 Å². The highest BCUT2D eigenvalue weighted by atomic mass is 16.5. The second kappa shape index (κ2) is 9.18. The normalized spacial score (nSPS) is 18.0. The summed E-state index contributed by atoms with van der Waals surface area (Å²) >= 11 is 0. The molecule has 1 N–H and O–H groups in total. The number of benzene rings is 2. The number of carbonyl (C=O) groups excluding carboxylic acids is 1. The van der Waals surface area contributed by atoms with E-state index in [9.17, 15) is 4.79 Å². The average molecular weight is 396 g/mol. The zero-order valence-corrected chi connectivity index (χ0v) is 17.0. The molecule has 6 heteroatoms. The van der Waals surface area contributed by atoms with Crippen LogP contribution in [-0.4, -0.2) is 61.1 Å². The van der Waals surface area contributed by atoms with E-state index < -0.39 is 0 Å². The van der Waals surface area contributed by atoms with Gasteiger partial charge in [-0.05, 0) is 24.6 Å². The Labute approximate surface area is 172 Å². The fourth-order valence-corrected chi connectivity index (χ4v) is 3.81. The number of rotatable bonds is 5. The summed E-state index contributed by atoms with van der Waals surface area (Å²) in [4.78, 5) is 17.3. The van der Waals surface area contributed by atoms with E-state index in [1.807, 2.05) is 36.1 Å². The fourth-order valence-electron chi connectivity index (χ4n) is 3.81. The summed E-state index contributed by atoms with van der Waals surface area (Å²) in [7, 11) is 0. The van der Waals surface area contributed by atoms with Gasteiger partial charge in [0.1, 0.15) is 6.04 Å². The van der Waals surface area contributed by atoms with Crippen LogP contribution in [-0.2, 0) is 11.3 Å². The van der Waals surface area contributed by atoms with Crippen molar-refractivity contribution in [3.05, 3.63) is 54.1 Å². The van der Waals surface area contributed by atoms with Crippen molar-refractivity contribution < 1.29 is 14.3 Å². The predicted octanol–water partition coefficient (Wildman–Crippen LogP) is 2.99. The van der Waals surface area contributed by atoms with Crippen molar-refractivity contribution in [2.75, 3.05) is 44.7 Å². The van der Waals surface area contributed by atoms with Gasteiger partial charge in [-0.3, -0.25) is 9.69 Å². The second-order valence-electron chi connectivity index (χ2n) is 7.67. The van der Waals surface area contributed by atoms with Gasteiger partial charge < -0.3 is 19.7 Å². The Morgan fingerprint density at radius 1 is 1.00 bits per heavy atom. The van der Waals surface area contributed by atoms with E-state index in [1.165, 1.54) is 5.56 Å². The van der Waals surface area contributed by atoms with E-state index in [0.29, 0.717) is 13.2 Å². The van der Waals surface area contributed by atoms with Crippen LogP contribution in [0, 0.1) is 0 Å². The minimum absolute atomic E-state index is 0.136. The molecule has 2 heterocycles. The predicted molar refractivity (Wildman–Crippen MR) is 113 cm³/mol. The van der Waals surface area contributed by atoms with Crippen LogP contribution in [0.1, 0.15) is 18.9 Å². The van der Waals surface area contributed by atoms with Gasteiger partial charge in [-0.15, -0.1) is 0 Å². The Morgan fingerprint density at radius 2 is 1.72 bits per heavy atom. The van der Waals surface area contributed by atoms with Crippen LogP contribution in [0.5, 0.6) is 11.5 Å². The van der Waals surface area contributed by atoms with Crippen molar-refractivity contribution in [2.45, 2.75) is 25.9 Å². The van der Waals surface area contributed by atoms with Crippen LogP contribution in [0.3, 0.4) is 0 Å². The smallest absolute Gasteiger partial charge is 0.244 e. The number of nitrogens with one attached hydrogen (secondary N) is 1. The van der Waals surface area contributed by atoms with Gasteiger partial charge in [0.15, 0.2) is 11.5 Å². The molecule has 1 atom stereocenters. The highest BCUT2D eigenvalue weighted by Crippen LogP contribution is 2.32. The summed E-state index contributed by atoms with van der Waals surface area (Å²) in [6.45, 7) is 7.51. The number of ether oxygens (including phenoxy) is 2. The van der Waals surface area contributed by atoms with Crippen molar-refractivity contribution in [3.63, 3.8) is 0 Å². The molecule has 0 radical (unpaired) electrons. The van der Waals surface area contributed by atoms with E-state index in [2.05, 4.69) is 34.5 Å². The molecule has 1 amide bonds. The molecule has 154 valence electrons. The van der Waals surface area contributed by atoms with Gasteiger partial charge >= 0.3 is 0 Å². The summed E-state index contributed by atoms with van der Waals surface area (Å²) in [5.41, 5.74) is 2.19. The standard InChI is InChI=1S/C23H29N3O3/c1-18(24-20-8-9-21-22(16-20)29-15-5-14-28-21)23(27)26-12-10-25(11-13-26)17-19-6-3-2-4-7-19/h2-4,6-9,16,18,24H,5,10-15,17H2,1H3/t18-/m0/s1. The third-order valence-electron chi connectivity index (χ3n) is 5.43. The van der Waals surface area contributed by atoms with Gasteiger partial charge in [-0.1, -0.05) is 30.3 Å². The molecule has 2 aromatic carbocycles. The Hall–Kier alpha value is -2.73. The molecule has 0 bridgehead atoms. The molecule has 1 fully saturated rings. The molecular formula is C23H29N3O3. The maximum Gasteiger partial charge on any atom is 0.244 e. The zero-order valence-electron chi connectivity index (χ0n) is 17.0. The van der Waals surface area contributed by atoms with E-state index in [4.69, 9.17) is 9.47 Å². The van der Waals surface area contributed by atoms with E-state index >= 15 is 0 Å². The largest absolute Gasteiger partial charge is 0.490 e. The highest BCUT2D eigenvalue weighted by molar-refractivity contribution is 5.84. The molecular weight excluding hydrogens is 366 g/mol. The lowest BCUT2D eigenvalue weighted by Gasteiger charge is -2.36. The summed E-state index contributed by atoms with van der Waals surface area (Å²) < 4.78 is 11.4. The van der Waals surface area contributed by atoms with Crippen LogP contribution in [0.2, 0.25) is 0 Å². The zero-order chi connectivity index (χ0) is 20.1. The number of carbonyl (C=O) groups is 1. The number of hydrogen-bond donors (Lipinski definition) is 1. The fraction of sp³-hybridized carbons (Fsp3) is 0.435. The van der Waals surface area contributed by atoms with E-state index in [0.717, 1.165) is 56.3 Å². The molecule has 1 saturated heterocycles. The molecule has 6 nitrogen and oxygen atoms in total. The lowest BCUT2D eigenvalue weighted by molar-refractivity contribution is -0.133. The lowest BCUT2D eigenvalue weighted by atomic mass is 10.2. The van der Waals surface area contributed by atoms with E-state index in [1.54, 1.807) is 0 Å². The first-order valence-electron chi connectivity index (χ1n) is 10.4. The van der Waals surface area contributed by atoms with Gasteiger partial charge in [0.05, 0.1) is 13.2 Å². The van der Waals surface area contributed by atoms with Crippen LogP contribution in [0.4, 0.5) is 5.69 Å². The highest BCUT2D eigenvalue weighted by Gasteiger charge is 2.25. The minimum atomic E-state index is -0.291. The summed E-state index contributed by atoms with van der Waals surface area (Å²) in [5, 5.41) is 3.32. The first-order valence-corrected chi connectivity index (χ1v) is 10.4. The van der Waals surface area contributed by atoms with Crippen molar-refractivity contribution in [1.29, 1.82) is 0 Å². The number of hydrogen-bond acceptors (Lipinski definition) is 5.